The maximum atomic E-state index is 5.99. The average molecular weight is 318 g/mol. The van der Waals surface area contributed by atoms with Crippen LogP contribution < -0.4 is 5.32 Å². The van der Waals surface area contributed by atoms with Crippen molar-refractivity contribution in [3.63, 3.8) is 0 Å². The van der Waals surface area contributed by atoms with E-state index in [-0.39, 0.29) is 6.04 Å². The predicted octanol–water partition coefficient (Wildman–Crippen LogP) is 4.82. The molecule has 1 N–H and O–H groups in total. The third-order valence-corrected chi connectivity index (χ3v) is 4.43. The third-order valence-electron chi connectivity index (χ3n) is 3.32. The molecule has 2 aromatic heterocycles. The van der Waals surface area contributed by atoms with Gasteiger partial charge in [0.15, 0.2) is 0 Å². The first-order valence-electron chi connectivity index (χ1n) is 6.76. The molecule has 3 aromatic rings. The highest BCUT2D eigenvalue weighted by molar-refractivity contribution is 7.14. The Balaban J connectivity index is 1.71. The summed E-state index contributed by atoms with van der Waals surface area (Å²) in [5.41, 5.74) is 3.57. The van der Waals surface area contributed by atoms with Crippen molar-refractivity contribution < 1.29 is 0 Å². The molecule has 5 heteroatoms. The number of imidazole rings is 1. The van der Waals surface area contributed by atoms with Gasteiger partial charge in [0.2, 0.25) is 0 Å². The van der Waals surface area contributed by atoms with Crippen LogP contribution in [0.5, 0.6) is 0 Å². The number of nitrogens with zero attached hydrogens (tertiary/aromatic N) is 2. The van der Waals surface area contributed by atoms with Crippen LogP contribution in [0.2, 0.25) is 4.34 Å². The number of thiophene rings is 1. The van der Waals surface area contributed by atoms with Crippen LogP contribution in [0.25, 0.3) is 0 Å². The van der Waals surface area contributed by atoms with Gasteiger partial charge in [-0.25, -0.2) is 4.98 Å². The van der Waals surface area contributed by atoms with E-state index in [1.54, 1.807) is 17.5 Å². The van der Waals surface area contributed by atoms with Crippen LogP contribution in [-0.4, -0.2) is 9.55 Å². The van der Waals surface area contributed by atoms with E-state index in [4.69, 9.17) is 11.6 Å². The predicted molar refractivity (Wildman–Crippen MR) is 89.1 cm³/mol. The summed E-state index contributed by atoms with van der Waals surface area (Å²) in [6.45, 7) is 2.97. The van der Waals surface area contributed by atoms with Gasteiger partial charge in [-0.15, -0.1) is 11.3 Å². The Labute approximate surface area is 133 Å². The Morgan fingerprint density at radius 2 is 2.29 bits per heavy atom. The van der Waals surface area contributed by atoms with Crippen LogP contribution in [0.15, 0.2) is 54.4 Å². The van der Waals surface area contributed by atoms with E-state index in [0.717, 1.165) is 16.6 Å². The number of rotatable bonds is 5. The Morgan fingerprint density at radius 3 is 3.00 bits per heavy atom. The van der Waals surface area contributed by atoms with E-state index in [1.165, 1.54) is 11.1 Å². The van der Waals surface area contributed by atoms with Crippen LogP contribution in [0.4, 0.5) is 5.69 Å². The highest BCUT2D eigenvalue weighted by Crippen LogP contribution is 2.27. The van der Waals surface area contributed by atoms with Crippen molar-refractivity contribution in [2.45, 2.75) is 19.5 Å². The van der Waals surface area contributed by atoms with Gasteiger partial charge in [0.25, 0.3) is 0 Å². The van der Waals surface area contributed by atoms with Gasteiger partial charge in [0, 0.05) is 30.7 Å². The molecule has 0 amide bonds. The quantitative estimate of drug-likeness (QED) is 0.731. The molecule has 1 unspecified atom stereocenters. The molecular weight excluding hydrogens is 302 g/mol. The standard InChI is InChI=1S/C16H16ClN3S/c1-12(14-8-16(17)21-10-14)19-15-4-2-3-13(7-15)9-20-6-5-18-11-20/h2-8,10-12,19H,9H2,1H3. The molecule has 0 saturated heterocycles. The second kappa shape index (κ2) is 6.33. The highest BCUT2D eigenvalue weighted by atomic mass is 35.5. The van der Waals surface area contributed by atoms with Gasteiger partial charge in [-0.3, -0.25) is 0 Å². The van der Waals surface area contributed by atoms with Crippen molar-refractivity contribution in [3.05, 3.63) is 69.9 Å². The van der Waals surface area contributed by atoms with Crippen LogP contribution in [0.1, 0.15) is 24.1 Å². The first-order valence-corrected chi connectivity index (χ1v) is 8.01. The van der Waals surface area contributed by atoms with Crippen molar-refractivity contribution in [2.24, 2.45) is 0 Å². The van der Waals surface area contributed by atoms with Crippen LogP contribution in [0, 0.1) is 0 Å². The molecule has 0 bridgehead atoms. The van der Waals surface area contributed by atoms with Gasteiger partial charge in [0.05, 0.1) is 10.7 Å². The van der Waals surface area contributed by atoms with E-state index in [1.807, 2.05) is 18.6 Å². The fraction of sp³-hybridized carbons (Fsp3) is 0.188. The Hall–Kier alpha value is -1.78. The molecule has 0 fully saturated rings. The lowest BCUT2D eigenvalue weighted by atomic mass is 10.1. The zero-order valence-corrected chi connectivity index (χ0v) is 13.2. The number of hydrogen-bond acceptors (Lipinski definition) is 3. The van der Waals surface area contributed by atoms with Crippen LogP contribution >= 0.6 is 22.9 Å². The minimum atomic E-state index is 0.234. The van der Waals surface area contributed by atoms with Crippen molar-refractivity contribution in [1.29, 1.82) is 0 Å². The van der Waals surface area contributed by atoms with E-state index in [2.05, 4.69) is 51.4 Å². The number of benzene rings is 1. The Bertz CT molecular complexity index is 706. The van der Waals surface area contributed by atoms with Gasteiger partial charge in [0.1, 0.15) is 0 Å². The molecule has 0 saturated carbocycles. The smallest absolute Gasteiger partial charge is 0.0949 e. The summed E-state index contributed by atoms with van der Waals surface area (Å²) in [4.78, 5) is 4.07. The molecule has 108 valence electrons. The molecule has 0 aliphatic rings. The Morgan fingerprint density at radius 1 is 1.38 bits per heavy atom. The molecule has 21 heavy (non-hydrogen) atoms. The maximum absolute atomic E-state index is 5.99. The number of nitrogens with one attached hydrogen (secondary N) is 1. The monoisotopic (exact) mass is 317 g/mol. The molecule has 0 aliphatic carbocycles. The summed E-state index contributed by atoms with van der Waals surface area (Å²) in [6.07, 6.45) is 5.59. The summed E-state index contributed by atoms with van der Waals surface area (Å²) in [6, 6.07) is 10.7. The summed E-state index contributed by atoms with van der Waals surface area (Å²) < 4.78 is 2.88. The number of hydrogen-bond donors (Lipinski definition) is 1. The normalized spacial score (nSPS) is 12.3. The lowest BCUT2D eigenvalue weighted by Crippen LogP contribution is -2.06. The lowest BCUT2D eigenvalue weighted by Gasteiger charge is -2.15. The van der Waals surface area contributed by atoms with Crippen LogP contribution in [0.3, 0.4) is 0 Å². The SMILES string of the molecule is CC(Nc1cccc(Cn2ccnc2)c1)c1csc(Cl)c1. The van der Waals surface area contributed by atoms with Gasteiger partial charge < -0.3 is 9.88 Å². The topological polar surface area (TPSA) is 29.9 Å². The zero-order chi connectivity index (χ0) is 14.7. The summed E-state index contributed by atoms with van der Waals surface area (Å²) in [5, 5.41) is 5.61. The van der Waals surface area contributed by atoms with Crippen LogP contribution in [-0.2, 0) is 6.54 Å². The van der Waals surface area contributed by atoms with E-state index < -0.39 is 0 Å². The van der Waals surface area contributed by atoms with E-state index in [0.29, 0.717) is 0 Å². The maximum Gasteiger partial charge on any atom is 0.0949 e. The first kappa shape index (κ1) is 14.2. The molecule has 3 rings (SSSR count). The second-order valence-electron chi connectivity index (χ2n) is 4.99. The fourth-order valence-electron chi connectivity index (χ4n) is 2.23. The second-order valence-corrected chi connectivity index (χ2v) is 6.53. The molecule has 1 aromatic carbocycles. The van der Waals surface area contributed by atoms with Crippen molar-refractivity contribution in [3.8, 4) is 0 Å². The van der Waals surface area contributed by atoms with E-state index >= 15 is 0 Å². The van der Waals surface area contributed by atoms with Gasteiger partial charge in [-0.05, 0) is 41.6 Å². The fourth-order valence-corrected chi connectivity index (χ4v) is 3.22. The Kier molecular flexibility index (Phi) is 4.27. The lowest BCUT2D eigenvalue weighted by molar-refractivity contribution is 0.796. The molecule has 2 heterocycles. The van der Waals surface area contributed by atoms with Gasteiger partial charge >= 0.3 is 0 Å². The first-order chi connectivity index (χ1) is 10.2. The summed E-state index contributed by atoms with van der Waals surface area (Å²) in [5.74, 6) is 0. The van der Waals surface area contributed by atoms with Gasteiger partial charge in [-0.2, -0.15) is 0 Å². The molecule has 1 atom stereocenters. The minimum Gasteiger partial charge on any atom is -0.378 e. The van der Waals surface area contributed by atoms with Gasteiger partial charge in [-0.1, -0.05) is 23.7 Å². The summed E-state index contributed by atoms with van der Waals surface area (Å²) in [7, 11) is 0. The van der Waals surface area contributed by atoms with Crippen molar-refractivity contribution in [2.75, 3.05) is 5.32 Å². The summed E-state index contributed by atoms with van der Waals surface area (Å²) >= 11 is 7.56. The number of halogens is 1. The zero-order valence-electron chi connectivity index (χ0n) is 11.7. The highest BCUT2D eigenvalue weighted by Gasteiger charge is 2.08. The average Bonchev–Trinajstić information content (AvgIpc) is 3.11. The largest absolute Gasteiger partial charge is 0.378 e. The number of aromatic nitrogens is 2. The molecule has 3 nitrogen and oxygen atoms in total. The molecule has 0 aliphatic heterocycles. The van der Waals surface area contributed by atoms with Crippen molar-refractivity contribution >= 4 is 28.6 Å². The molecule has 0 radical (unpaired) electrons. The minimum absolute atomic E-state index is 0.234. The third kappa shape index (κ3) is 3.65. The van der Waals surface area contributed by atoms with Crippen molar-refractivity contribution in [1.82, 2.24) is 9.55 Å². The number of anilines is 1. The van der Waals surface area contributed by atoms with E-state index in [9.17, 15) is 0 Å². The molecular formula is C16H16ClN3S. The molecule has 0 spiro atoms.